The fourth-order valence-electron chi connectivity index (χ4n) is 2.92. The van der Waals surface area contributed by atoms with Crippen LogP contribution in [0.1, 0.15) is 24.2 Å². The van der Waals surface area contributed by atoms with Gasteiger partial charge < -0.3 is 20.7 Å². The van der Waals surface area contributed by atoms with Gasteiger partial charge in [-0.2, -0.15) is 9.61 Å². The molecular weight excluding hydrogens is 344 g/mol. The Morgan fingerprint density at radius 1 is 1.30 bits per heavy atom. The second-order valence-electron chi connectivity index (χ2n) is 7.36. The highest BCUT2D eigenvalue weighted by Crippen LogP contribution is 2.26. The number of anilines is 3. The first-order valence-corrected chi connectivity index (χ1v) is 8.80. The molecule has 3 aromatic rings. The SMILES string of the molecule is CNc1cc2nc3c(cnn13)C(=O)NCC(C)(C)COc1cccc(c1)N2. The van der Waals surface area contributed by atoms with Crippen LogP contribution in [0.4, 0.5) is 17.3 Å². The molecule has 3 heterocycles. The Morgan fingerprint density at radius 3 is 2.96 bits per heavy atom. The van der Waals surface area contributed by atoms with Gasteiger partial charge in [0.15, 0.2) is 5.65 Å². The Morgan fingerprint density at radius 2 is 2.15 bits per heavy atom. The summed E-state index contributed by atoms with van der Waals surface area (Å²) < 4.78 is 7.57. The molecule has 0 saturated heterocycles. The van der Waals surface area contributed by atoms with E-state index in [4.69, 9.17) is 4.74 Å². The van der Waals surface area contributed by atoms with Gasteiger partial charge in [-0.3, -0.25) is 4.79 Å². The van der Waals surface area contributed by atoms with E-state index < -0.39 is 0 Å². The van der Waals surface area contributed by atoms with Crippen LogP contribution in [0.15, 0.2) is 36.5 Å². The zero-order chi connectivity index (χ0) is 19.0. The summed E-state index contributed by atoms with van der Waals surface area (Å²) in [5, 5.41) is 13.7. The van der Waals surface area contributed by atoms with Gasteiger partial charge in [0, 0.05) is 36.8 Å². The molecule has 0 fully saturated rings. The molecule has 0 saturated carbocycles. The number of nitrogens with zero attached hydrogens (tertiary/aromatic N) is 3. The van der Waals surface area contributed by atoms with Crippen molar-refractivity contribution in [3.63, 3.8) is 0 Å². The molecule has 140 valence electrons. The number of carbonyl (C=O) groups excluding carboxylic acids is 1. The summed E-state index contributed by atoms with van der Waals surface area (Å²) >= 11 is 0. The van der Waals surface area contributed by atoms with Crippen molar-refractivity contribution in [1.82, 2.24) is 19.9 Å². The summed E-state index contributed by atoms with van der Waals surface area (Å²) in [7, 11) is 1.80. The fourth-order valence-corrected chi connectivity index (χ4v) is 2.92. The van der Waals surface area contributed by atoms with Crippen molar-refractivity contribution in [2.45, 2.75) is 13.8 Å². The molecule has 1 amide bonds. The number of ether oxygens (including phenoxy) is 1. The normalized spacial score (nSPS) is 16.2. The predicted molar refractivity (Wildman–Crippen MR) is 104 cm³/mol. The Bertz CT molecular complexity index is 1010. The van der Waals surface area contributed by atoms with E-state index in [0.717, 1.165) is 17.3 Å². The van der Waals surface area contributed by atoms with Crippen LogP contribution in [0.25, 0.3) is 5.65 Å². The van der Waals surface area contributed by atoms with Gasteiger partial charge in [0.25, 0.3) is 5.91 Å². The van der Waals surface area contributed by atoms with Crippen LogP contribution in [0.5, 0.6) is 5.75 Å². The predicted octanol–water partition coefficient (Wildman–Crippen LogP) is 2.66. The van der Waals surface area contributed by atoms with Crippen molar-refractivity contribution in [3.05, 3.63) is 42.1 Å². The Kier molecular flexibility index (Phi) is 4.10. The molecule has 8 heteroatoms. The van der Waals surface area contributed by atoms with Gasteiger partial charge >= 0.3 is 0 Å². The average Bonchev–Trinajstić information content (AvgIpc) is 3.08. The Balaban J connectivity index is 1.85. The number of amides is 1. The molecule has 0 radical (unpaired) electrons. The quantitative estimate of drug-likeness (QED) is 0.613. The van der Waals surface area contributed by atoms with Gasteiger partial charge in [-0.05, 0) is 12.1 Å². The second-order valence-corrected chi connectivity index (χ2v) is 7.36. The number of fused-ring (bicyclic) bond motifs is 3. The van der Waals surface area contributed by atoms with E-state index in [9.17, 15) is 4.79 Å². The third-order valence-corrected chi connectivity index (χ3v) is 4.44. The molecule has 1 aromatic carbocycles. The number of hydrogen-bond acceptors (Lipinski definition) is 6. The summed E-state index contributed by atoms with van der Waals surface area (Å²) in [5.74, 6) is 1.88. The lowest BCUT2D eigenvalue weighted by molar-refractivity contribution is 0.0920. The molecular formula is C19H22N6O2. The number of aromatic nitrogens is 3. The molecule has 2 aromatic heterocycles. The maximum atomic E-state index is 12.7. The molecule has 1 aliphatic rings. The third kappa shape index (κ3) is 3.38. The summed E-state index contributed by atoms with van der Waals surface area (Å²) in [6.07, 6.45) is 1.54. The minimum Gasteiger partial charge on any atom is -0.493 e. The van der Waals surface area contributed by atoms with E-state index in [1.807, 2.05) is 44.2 Å². The van der Waals surface area contributed by atoms with Crippen molar-refractivity contribution in [2.75, 3.05) is 30.8 Å². The molecule has 1 aliphatic heterocycles. The van der Waals surface area contributed by atoms with E-state index in [1.165, 1.54) is 6.20 Å². The molecule has 3 N–H and O–H groups in total. The highest BCUT2D eigenvalue weighted by Gasteiger charge is 2.23. The van der Waals surface area contributed by atoms with Gasteiger partial charge in [-0.1, -0.05) is 19.9 Å². The molecule has 0 aliphatic carbocycles. The lowest BCUT2D eigenvalue weighted by atomic mass is 9.94. The van der Waals surface area contributed by atoms with Gasteiger partial charge in [-0.15, -0.1) is 0 Å². The average molecular weight is 366 g/mol. The molecule has 8 nitrogen and oxygen atoms in total. The number of rotatable bonds is 1. The largest absolute Gasteiger partial charge is 0.493 e. The lowest BCUT2D eigenvalue weighted by Gasteiger charge is -2.25. The van der Waals surface area contributed by atoms with E-state index in [1.54, 1.807) is 11.6 Å². The van der Waals surface area contributed by atoms with Crippen molar-refractivity contribution in [1.29, 1.82) is 0 Å². The summed E-state index contributed by atoms with van der Waals surface area (Å²) in [6.45, 7) is 5.05. The molecule has 4 bridgehead atoms. The molecule has 0 unspecified atom stereocenters. The third-order valence-electron chi connectivity index (χ3n) is 4.44. The summed E-state index contributed by atoms with van der Waals surface area (Å²) in [4.78, 5) is 17.3. The topological polar surface area (TPSA) is 92.6 Å². The van der Waals surface area contributed by atoms with Crippen LogP contribution in [-0.4, -0.2) is 40.7 Å². The summed E-state index contributed by atoms with van der Waals surface area (Å²) in [5.41, 5.74) is 1.54. The summed E-state index contributed by atoms with van der Waals surface area (Å²) in [6, 6.07) is 9.56. The lowest BCUT2D eigenvalue weighted by Crippen LogP contribution is -2.37. The van der Waals surface area contributed by atoms with Gasteiger partial charge in [0.05, 0.1) is 12.8 Å². The smallest absolute Gasteiger partial charge is 0.256 e. The zero-order valence-electron chi connectivity index (χ0n) is 15.5. The maximum Gasteiger partial charge on any atom is 0.256 e. The van der Waals surface area contributed by atoms with E-state index >= 15 is 0 Å². The number of benzene rings is 1. The van der Waals surface area contributed by atoms with Crippen molar-refractivity contribution < 1.29 is 9.53 Å². The highest BCUT2D eigenvalue weighted by atomic mass is 16.5. The monoisotopic (exact) mass is 366 g/mol. The number of nitrogens with one attached hydrogen (secondary N) is 3. The standard InChI is InChI=1S/C19H22N6O2/c1-19(2)10-21-18(26)14-9-22-25-16(20-3)8-15(24-17(14)25)23-12-5-4-6-13(7-12)27-11-19/h4-9,20H,10-11H2,1-3H3,(H,21,26)(H,23,24). The molecule has 4 rings (SSSR count). The first kappa shape index (κ1) is 17.1. The Labute approximate surface area is 156 Å². The van der Waals surface area contributed by atoms with E-state index in [0.29, 0.717) is 30.2 Å². The van der Waals surface area contributed by atoms with Crippen LogP contribution in [-0.2, 0) is 0 Å². The number of hydrogen-bond donors (Lipinski definition) is 3. The highest BCUT2D eigenvalue weighted by molar-refractivity contribution is 6.00. The minimum atomic E-state index is -0.235. The van der Waals surface area contributed by atoms with Gasteiger partial charge in [0.2, 0.25) is 0 Å². The van der Waals surface area contributed by atoms with Crippen molar-refractivity contribution in [2.24, 2.45) is 5.41 Å². The van der Waals surface area contributed by atoms with Gasteiger partial charge in [0.1, 0.15) is 22.9 Å². The number of carbonyl (C=O) groups is 1. The molecule has 0 spiro atoms. The minimum absolute atomic E-state index is 0.208. The maximum absolute atomic E-state index is 12.7. The van der Waals surface area contributed by atoms with Gasteiger partial charge in [-0.25, -0.2) is 4.98 Å². The van der Waals surface area contributed by atoms with Crippen LogP contribution in [0.3, 0.4) is 0 Å². The van der Waals surface area contributed by atoms with Crippen LogP contribution < -0.4 is 20.7 Å². The first-order chi connectivity index (χ1) is 12.9. The van der Waals surface area contributed by atoms with Crippen LogP contribution in [0, 0.1) is 5.41 Å². The Hall–Kier alpha value is -3.29. The van der Waals surface area contributed by atoms with Crippen molar-refractivity contribution in [3.8, 4) is 5.75 Å². The second kappa shape index (κ2) is 6.46. The molecule has 27 heavy (non-hydrogen) atoms. The van der Waals surface area contributed by atoms with Crippen LogP contribution in [0.2, 0.25) is 0 Å². The molecule has 0 atom stereocenters. The fraction of sp³-hybridized carbons (Fsp3) is 0.316. The van der Waals surface area contributed by atoms with E-state index in [2.05, 4.69) is 26.0 Å². The van der Waals surface area contributed by atoms with E-state index in [-0.39, 0.29) is 11.3 Å². The zero-order valence-corrected chi connectivity index (χ0v) is 15.5. The van der Waals surface area contributed by atoms with Crippen molar-refractivity contribution >= 4 is 28.9 Å². The first-order valence-electron chi connectivity index (χ1n) is 8.80. The van der Waals surface area contributed by atoms with Crippen LogP contribution >= 0.6 is 0 Å².